The Balaban J connectivity index is 2.61. The van der Waals surface area contributed by atoms with E-state index in [2.05, 4.69) is 11.9 Å². The maximum atomic E-state index is 9.82. The van der Waals surface area contributed by atoms with Crippen molar-refractivity contribution in [3.05, 3.63) is 0 Å². The molecule has 0 aromatic carbocycles. The Hall–Kier alpha value is -0.120. The highest BCUT2D eigenvalue weighted by Crippen LogP contribution is 2.25. The zero-order valence-electron chi connectivity index (χ0n) is 8.25. The van der Waals surface area contributed by atoms with Crippen molar-refractivity contribution < 1.29 is 5.11 Å². The number of nitrogens with zero attached hydrogens (tertiary/aromatic N) is 1. The second-order valence-electron chi connectivity index (χ2n) is 4.47. The quantitative estimate of drug-likeness (QED) is 0.587. The number of hydrogen-bond acceptors (Lipinski definition) is 3. The Bertz CT molecular complexity index is 153. The van der Waals surface area contributed by atoms with Gasteiger partial charge in [-0.15, -0.1) is 0 Å². The Morgan fingerprint density at radius 3 is 2.50 bits per heavy atom. The van der Waals surface area contributed by atoms with Crippen molar-refractivity contribution in [1.82, 2.24) is 4.90 Å². The van der Waals surface area contributed by atoms with Gasteiger partial charge < -0.3 is 15.7 Å². The van der Waals surface area contributed by atoms with E-state index in [0.717, 1.165) is 19.5 Å². The van der Waals surface area contributed by atoms with Gasteiger partial charge in [0.05, 0.1) is 5.60 Å². The van der Waals surface area contributed by atoms with Gasteiger partial charge in [-0.05, 0) is 33.9 Å². The summed E-state index contributed by atoms with van der Waals surface area (Å²) in [5.74, 6) is 0.205. The molecule has 1 heterocycles. The molecule has 0 amide bonds. The van der Waals surface area contributed by atoms with Crippen molar-refractivity contribution in [2.45, 2.75) is 31.9 Å². The largest absolute Gasteiger partial charge is 0.390 e. The average Bonchev–Trinajstić information content (AvgIpc) is 1.92. The molecule has 0 radical (unpaired) electrons. The average molecular weight is 172 g/mol. The van der Waals surface area contributed by atoms with Crippen LogP contribution in [-0.2, 0) is 0 Å². The first-order valence-corrected chi connectivity index (χ1v) is 4.58. The number of rotatable bonds is 1. The summed E-state index contributed by atoms with van der Waals surface area (Å²) in [4.78, 5) is 2.23. The van der Waals surface area contributed by atoms with Gasteiger partial charge in [-0.2, -0.15) is 0 Å². The second kappa shape index (κ2) is 3.32. The van der Waals surface area contributed by atoms with E-state index >= 15 is 0 Å². The topological polar surface area (TPSA) is 49.5 Å². The fraction of sp³-hybridized carbons (Fsp3) is 1.00. The number of aliphatic hydroxyl groups is 1. The van der Waals surface area contributed by atoms with Crippen LogP contribution in [0.1, 0.15) is 20.3 Å². The van der Waals surface area contributed by atoms with E-state index in [0.29, 0.717) is 0 Å². The van der Waals surface area contributed by atoms with Gasteiger partial charge in [0.25, 0.3) is 0 Å². The molecule has 0 aliphatic carbocycles. The monoisotopic (exact) mass is 172 g/mol. The summed E-state index contributed by atoms with van der Waals surface area (Å²) in [7, 11) is 2.07. The SMILES string of the molecule is CN1CCC(N)C(C(C)(C)O)C1. The summed E-state index contributed by atoms with van der Waals surface area (Å²) in [5, 5.41) is 9.82. The molecule has 12 heavy (non-hydrogen) atoms. The molecule has 3 N–H and O–H groups in total. The first kappa shape index (κ1) is 9.96. The van der Waals surface area contributed by atoms with E-state index < -0.39 is 5.60 Å². The first-order valence-electron chi connectivity index (χ1n) is 4.58. The molecule has 0 bridgehead atoms. The lowest BCUT2D eigenvalue weighted by Gasteiger charge is -2.41. The molecule has 0 spiro atoms. The van der Waals surface area contributed by atoms with Crippen LogP contribution < -0.4 is 5.73 Å². The zero-order chi connectivity index (χ0) is 9.35. The summed E-state index contributed by atoms with van der Waals surface area (Å²) in [6.07, 6.45) is 0.991. The van der Waals surface area contributed by atoms with Crippen LogP contribution in [0.25, 0.3) is 0 Å². The molecule has 0 saturated carbocycles. The van der Waals surface area contributed by atoms with Gasteiger partial charge in [-0.1, -0.05) is 0 Å². The molecule has 1 fully saturated rings. The Kier molecular flexibility index (Phi) is 2.76. The predicted molar refractivity (Wildman–Crippen MR) is 49.9 cm³/mol. The highest BCUT2D eigenvalue weighted by atomic mass is 16.3. The molecular formula is C9H20N2O. The normalized spacial score (nSPS) is 33.8. The van der Waals surface area contributed by atoms with E-state index in [9.17, 15) is 5.11 Å². The molecule has 2 unspecified atom stereocenters. The third-order valence-corrected chi connectivity index (χ3v) is 2.78. The van der Waals surface area contributed by atoms with Crippen LogP contribution in [0.15, 0.2) is 0 Å². The third-order valence-electron chi connectivity index (χ3n) is 2.78. The molecule has 1 aliphatic rings. The number of piperidine rings is 1. The van der Waals surface area contributed by atoms with Gasteiger partial charge in [0.15, 0.2) is 0 Å². The van der Waals surface area contributed by atoms with Gasteiger partial charge in [0.2, 0.25) is 0 Å². The van der Waals surface area contributed by atoms with Gasteiger partial charge in [0.1, 0.15) is 0 Å². The van der Waals surface area contributed by atoms with Gasteiger partial charge in [0, 0.05) is 18.5 Å². The van der Waals surface area contributed by atoms with E-state index in [-0.39, 0.29) is 12.0 Å². The summed E-state index contributed by atoms with van der Waals surface area (Å²) < 4.78 is 0. The minimum absolute atomic E-state index is 0.154. The Morgan fingerprint density at radius 1 is 1.50 bits per heavy atom. The maximum Gasteiger partial charge on any atom is 0.0646 e. The van der Waals surface area contributed by atoms with Gasteiger partial charge in [-0.3, -0.25) is 0 Å². The van der Waals surface area contributed by atoms with Crippen LogP contribution in [0.4, 0.5) is 0 Å². The maximum absolute atomic E-state index is 9.82. The lowest BCUT2D eigenvalue weighted by molar-refractivity contribution is -0.0230. The number of hydrogen-bond donors (Lipinski definition) is 2. The first-order chi connectivity index (χ1) is 5.41. The second-order valence-corrected chi connectivity index (χ2v) is 4.47. The van der Waals surface area contributed by atoms with Crippen LogP contribution in [0.5, 0.6) is 0 Å². The van der Waals surface area contributed by atoms with Crippen molar-refractivity contribution in [3.63, 3.8) is 0 Å². The molecule has 3 nitrogen and oxygen atoms in total. The van der Waals surface area contributed by atoms with Crippen molar-refractivity contribution in [2.24, 2.45) is 11.7 Å². The molecule has 3 heteroatoms. The highest BCUT2D eigenvalue weighted by Gasteiger charge is 2.35. The Labute approximate surface area is 74.5 Å². The molecule has 1 aliphatic heterocycles. The fourth-order valence-electron chi connectivity index (χ4n) is 1.88. The zero-order valence-corrected chi connectivity index (χ0v) is 8.25. The van der Waals surface area contributed by atoms with Gasteiger partial charge >= 0.3 is 0 Å². The molecule has 0 aromatic rings. The van der Waals surface area contributed by atoms with E-state index in [4.69, 9.17) is 5.73 Å². The minimum atomic E-state index is -0.645. The van der Waals surface area contributed by atoms with Crippen molar-refractivity contribution in [2.75, 3.05) is 20.1 Å². The Morgan fingerprint density at radius 2 is 2.08 bits per heavy atom. The molecule has 72 valence electrons. The van der Waals surface area contributed by atoms with Crippen molar-refractivity contribution in [1.29, 1.82) is 0 Å². The van der Waals surface area contributed by atoms with Gasteiger partial charge in [-0.25, -0.2) is 0 Å². The summed E-state index contributed by atoms with van der Waals surface area (Å²) in [5.41, 5.74) is 5.30. The number of nitrogens with two attached hydrogens (primary N) is 1. The van der Waals surface area contributed by atoms with E-state index in [1.54, 1.807) is 0 Å². The van der Waals surface area contributed by atoms with Crippen LogP contribution in [-0.4, -0.2) is 41.8 Å². The fourth-order valence-corrected chi connectivity index (χ4v) is 1.88. The van der Waals surface area contributed by atoms with Crippen molar-refractivity contribution in [3.8, 4) is 0 Å². The molecule has 2 atom stereocenters. The number of likely N-dealkylation sites (tertiary alicyclic amines) is 1. The highest BCUT2D eigenvalue weighted by molar-refractivity contribution is 4.90. The van der Waals surface area contributed by atoms with E-state index in [1.807, 2.05) is 13.8 Å². The minimum Gasteiger partial charge on any atom is -0.390 e. The molecular weight excluding hydrogens is 152 g/mol. The van der Waals surface area contributed by atoms with Crippen molar-refractivity contribution >= 4 is 0 Å². The van der Waals surface area contributed by atoms with E-state index in [1.165, 1.54) is 0 Å². The summed E-state index contributed by atoms with van der Waals surface area (Å²) >= 11 is 0. The molecule has 1 rings (SSSR count). The predicted octanol–water partition coefficient (Wildman–Crippen LogP) is 0.0363. The lowest BCUT2D eigenvalue weighted by Crippen LogP contribution is -2.53. The smallest absolute Gasteiger partial charge is 0.0646 e. The third kappa shape index (κ3) is 2.19. The molecule has 0 aromatic heterocycles. The molecule has 1 saturated heterocycles. The van der Waals surface area contributed by atoms with Crippen LogP contribution >= 0.6 is 0 Å². The lowest BCUT2D eigenvalue weighted by atomic mass is 9.81. The van der Waals surface area contributed by atoms with Crippen LogP contribution in [0, 0.1) is 5.92 Å². The standard InChI is InChI=1S/C9H20N2O/c1-9(2,12)7-6-11(3)5-4-8(7)10/h7-8,12H,4-6,10H2,1-3H3. The van der Waals surface area contributed by atoms with Crippen LogP contribution in [0.3, 0.4) is 0 Å². The summed E-state index contributed by atoms with van der Waals surface area (Å²) in [6.45, 7) is 5.64. The van der Waals surface area contributed by atoms with Crippen LogP contribution in [0.2, 0.25) is 0 Å². The summed E-state index contributed by atoms with van der Waals surface area (Å²) in [6, 6.07) is 0.154.